The number of benzene rings is 1. The van der Waals surface area contributed by atoms with Gasteiger partial charge in [0.05, 0.1) is 19.2 Å². The summed E-state index contributed by atoms with van der Waals surface area (Å²) in [6.45, 7) is 8.45. The largest absolute Gasteiger partial charge is 0.486 e. The second kappa shape index (κ2) is 8.55. The SMILES string of the molecule is COC[C@@H](C)n1c(C)cc(C(=O)CN2C(=O)N[C@@](C)(c3ccc4c(c3)OCCO4)C2=O)c1C. The van der Waals surface area contributed by atoms with Crippen LogP contribution in [0.25, 0.3) is 0 Å². The summed E-state index contributed by atoms with van der Waals surface area (Å²) in [5.74, 6) is 0.331. The van der Waals surface area contributed by atoms with Gasteiger partial charge in [-0.15, -0.1) is 0 Å². The molecule has 33 heavy (non-hydrogen) atoms. The van der Waals surface area contributed by atoms with Crippen molar-refractivity contribution in [3.05, 3.63) is 46.8 Å². The molecule has 0 bridgehead atoms. The molecule has 2 aromatic rings. The fraction of sp³-hybridized carbons (Fsp3) is 0.458. The summed E-state index contributed by atoms with van der Waals surface area (Å²) in [6.07, 6.45) is 0. The number of urea groups is 1. The maximum atomic E-state index is 13.3. The molecule has 2 aliphatic heterocycles. The van der Waals surface area contributed by atoms with E-state index in [1.54, 1.807) is 38.3 Å². The molecule has 1 fully saturated rings. The molecule has 4 rings (SSSR count). The number of imide groups is 1. The Bertz CT molecular complexity index is 1120. The standard InChI is InChI=1S/C24H29N3O6/c1-14-10-18(16(3)27(14)15(2)13-31-5)19(28)12-26-22(29)24(4,25-23(26)30)17-6-7-20-21(11-17)33-9-8-32-20/h6-7,10-11,15H,8-9,12-13H2,1-5H3,(H,25,30)/t15-,24+/m1/s1. The second-order valence-corrected chi connectivity index (χ2v) is 8.69. The summed E-state index contributed by atoms with van der Waals surface area (Å²) in [6, 6.07) is 6.38. The first-order valence-corrected chi connectivity index (χ1v) is 10.9. The first-order chi connectivity index (χ1) is 15.7. The lowest BCUT2D eigenvalue weighted by molar-refractivity contribution is -0.130. The van der Waals surface area contributed by atoms with Crippen molar-refractivity contribution in [1.82, 2.24) is 14.8 Å². The van der Waals surface area contributed by atoms with E-state index in [9.17, 15) is 14.4 Å². The van der Waals surface area contributed by atoms with Crippen LogP contribution in [-0.2, 0) is 15.1 Å². The van der Waals surface area contributed by atoms with E-state index in [1.807, 2.05) is 25.3 Å². The molecule has 2 atom stereocenters. The predicted molar refractivity (Wildman–Crippen MR) is 120 cm³/mol. The van der Waals surface area contributed by atoms with Gasteiger partial charge in [-0.05, 0) is 51.5 Å². The van der Waals surface area contributed by atoms with Gasteiger partial charge in [0.15, 0.2) is 17.3 Å². The number of Topliss-reactive ketones (excluding diaryl/α,β-unsaturated/α-hetero) is 1. The molecular weight excluding hydrogens is 426 g/mol. The minimum Gasteiger partial charge on any atom is -0.486 e. The number of carbonyl (C=O) groups is 3. The van der Waals surface area contributed by atoms with E-state index < -0.39 is 17.5 Å². The van der Waals surface area contributed by atoms with Gasteiger partial charge in [0.25, 0.3) is 5.91 Å². The molecule has 1 saturated heterocycles. The predicted octanol–water partition coefficient (Wildman–Crippen LogP) is 2.73. The summed E-state index contributed by atoms with van der Waals surface area (Å²) in [5.41, 5.74) is 1.44. The van der Waals surface area contributed by atoms with Crippen molar-refractivity contribution < 1.29 is 28.6 Å². The zero-order valence-electron chi connectivity index (χ0n) is 19.6. The number of amides is 3. The average molecular weight is 456 g/mol. The number of methoxy groups -OCH3 is 1. The lowest BCUT2D eigenvalue weighted by Crippen LogP contribution is -2.41. The molecule has 0 unspecified atom stereocenters. The van der Waals surface area contributed by atoms with Crippen LogP contribution in [0.2, 0.25) is 0 Å². The summed E-state index contributed by atoms with van der Waals surface area (Å²) < 4.78 is 18.4. The van der Waals surface area contributed by atoms with Crippen LogP contribution in [-0.4, -0.2) is 60.7 Å². The maximum absolute atomic E-state index is 13.3. The molecule has 1 aromatic carbocycles. The van der Waals surface area contributed by atoms with Crippen LogP contribution in [0, 0.1) is 13.8 Å². The Morgan fingerprint density at radius 2 is 1.88 bits per heavy atom. The Balaban J connectivity index is 1.57. The minimum absolute atomic E-state index is 0.0479. The van der Waals surface area contributed by atoms with E-state index in [2.05, 4.69) is 5.32 Å². The number of aromatic nitrogens is 1. The molecule has 9 heteroatoms. The average Bonchev–Trinajstić information content (AvgIpc) is 3.21. The van der Waals surface area contributed by atoms with Crippen LogP contribution >= 0.6 is 0 Å². The molecule has 1 aromatic heterocycles. The number of rotatable bonds is 7. The van der Waals surface area contributed by atoms with Crippen LogP contribution < -0.4 is 14.8 Å². The number of ether oxygens (including phenoxy) is 3. The third-order valence-corrected chi connectivity index (χ3v) is 6.33. The molecule has 3 heterocycles. The van der Waals surface area contributed by atoms with E-state index >= 15 is 0 Å². The van der Waals surface area contributed by atoms with Gasteiger partial charge in [-0.3, -0.25) is 14.5 Å². The number of nitrogens with one attached hydrogen (secondary N) is 1. The number of hydrogen-bond acceptors (Lipinski definition) is 6. The molecular formula is C24H29N3O6. The highest BCUT2D eigenvalue weighted by Gasteiger charge is 2.50. The van der Waals surface area contributed by atoms with Crippen LogP contribution in [0.4, 0.5) is 4.79 Å². The molecule has 1 N–H and O–H groups in total. The Labute approximate surface area is 192 Å². The third-order valence-electron chi connectivity index (χ3n) is 6.33. The number of nitrogens with zero attached hydrogens (tertiary/aromatic N) is 2. The van der Waals surface area contributed by atoms with Crippen molar-refractivity contribution in [2.24, 2.45) is 0 Å². The highest BCUT2D eigenvalue weighted by atomic mass is 16.6. The van der Waals surface area contributed by atoms with Crippen LogP contribution in [0.3, 0.4) is 0 Å². The molecule has 9 nitrogen and oxygen atoms in total. The quantitative estimate of drug-likeness (QED) is 0.509. The number of carbonyl (C=O) groups excluding carboxylic acids is 3. The van der Waals surface area contributed by atoms with Gasteiger partial charge in [-0.25, -0.2) is 4.79 Å². The molecule has 2 aliphatic rings. The van der Waals surface area contributed by atoms with Gasteiger partial charge in [0.1, 0.15) is 18.8 Å². The second-order valence-electron chi connectivity index (χ2n) is 8.69. The van der Waals surface area contributed by atoms with E-state index in [0.717, 1.165) is 16.3 Å². The van der Waals surface area contributed by atoms with Crippen molar-refractivity contribution in [2.45, 2.75) is 39.3 Å². The van der Waals surface area contributed by atoms with Gasteiger partial charge in [-0.2, -0.15) is 0 Å². The van der Waals surface area contributed by atoms with E-state index in [0.29, 0.717) is 42.4 Å². The zero-order chi connectivity index (χ0) is 23.9. The molecule has 176 valence electrons. The number of aryl methyl sites for hydroxylation is 1. The van der Waals surface area contributed by atoms with E-state index in [1.165, 1.54) is 0 Å². The Hall–Kier alpha value is -3.33. The van der Waals surface area contributed by atoms with Crippen LogP contribution in [0.15, 0.2) is 24.3 Å². The zero-order valence-corrected chi connectivity index (χ0v) is 19.6. The van der Waals surface area contributed by atoms with Gasteiger partial charge >= 0.3 is 6.03 Å². The Morgan fingerprint density at radius 1 is 1.18 bits per heavy atom. The third kappa shape index (κ3) is 3.86. The summed E-state index contributed by atoms with van der Waals surface area (Å²) in [7, 11) is 1.63. The maximum Gasteiger partial charge on any atom is 0.325 e. The van der Waals surface area contributed by atoms with Crippen molar-refractivity contribution in [1.29, 1.82) is 0 Å². The first kappa shape index (κ1) is 22.8. The lowest BCUT2D eigenvalue weighted by Gasteiger charge is -2.25. The van der Waals surface area contributed by atoms with Crippen molar-refractivity contribution in [3.8, 4) is 11.5 Å². The molecule has 0 radical (unpaired) electrons. The highest BCUT2D eigenvalue weighted by Crippen LogP contribution is 2.37. The van der Waals surface area contributed by atoms with Gasteiger partial charge in [-0.1, -0.05) is 6.07 Å². The topological polar surface area (TPSA) is 99.1 Å². The van der Waals surface area contributed by atoms with E-state index in [4.69, 9.17) is 14.2 Å². The minimum atomic E-state index is -1.31. The molecule has 0 spiro atoms. The summed E-state index contributed by atoms with van der Waals surface area (Å²) >= 11 is 0. The van der Waals surface area contributed by atoms with Crippen molar-refractivity contribution in [3.63, 3.8) is 0 Å². The highest BCUT2D eigenvalue weighted by molar-refractivity contribution is 6.11. The van der Waals surface area contributed by atoms with Gasteiger partial charge in [0, 0.05) is 24.1 Å². The fourth-order valence-corrected chi connectivity index (χ4v) is 4.67. The van der Waals surface area contributed by atoms with Gasteiger partial charge < -0.3 is 24.1 Å². The van der Waals surface area contributed by atoms with Crippen molar-refractivity contribution >= 4 is 17.7 Å². The first-order valence-electron chi connectivity index (χ1n) is 10.9. The molecule has 0 aliphatic carbocycles. The number of hydrogen-bond donors (Lipinski definition) is 1. The van der Waals surface area contributed by atoms with Crippen LogP contribution in [0.5, 0.6) is 11.5 Å². The smallest absolute Gasteiger partial charge is 0.325 e. The normalized spacial score (nSPS) is 20.7. The summed E-state index contributed by atoms with van der Waals surface area (Å²) in [5, 5.41) is 2.74. The lowest BCUT2D eigenvalue weighted by atomic mass is 9.91. The van der Waals surface area contributed by atoms with Crippen LogP contribution in [0.1, 0.15) is 47.2 Å². The Kier molecular flexibility index (Phi) is 5.92. The monoisotopic (exact) mass is 455 g/mol. The van der Waals surface area contributed by atoms with E-state index in [-0.39, 0.29) is 18.4 Å². The fourth-order valence-electron chi connectivity index (χ4n) is 4.67. The number of fused-ring (bicyclic) bond motifs is 1. The van der Waals surface area contributed by atoms with Crippen molar-refractivity contribution in [2.75, 3.05) is 33.5 Å². The summed E-state index contributed by atoms with van der Waals surface area (Å²) in [4.78, 5) is 40.2. The van der Waals surface area contributed by atoms with Gasteiger partial charge in [0.2, 0.25) is 0 Å². The Morgan fingerprint density at radius 3 is 2.58 bits per heavy atom. The number of ketones is 1. The molecule has 0 saturated carbocycles. The molecule has 3 amide bonds.